The van der Waals surface area contributed by atoms with E-state index in [9.17, 15) is 33.9 Å². The Morgan fingerprint density at radius 3 is 0.904 bits per heavy atom. The molecule has 2 aromatic carbocycles. The molecule has 0 aliphatic carbocycles. The molecule has 0 saturated heterocycles. The van der Waals surface area contributed by atoms with Gasteiger partial charge in [0, 0.05) is 38.5 Å². The highest BCUT2D eigenvalue weighted by Crippen LogP contribution is 2.30. The minimum Gasteiger partial charge on any atom is -0.495 e. The summed E-state index contributed by atoms with van der Waals surface area (Å²) in [5.41, 5.74) is -2.69. The van der Waals surface area contributed by atoms with Gasteiger partial charge < -0.3 is 69.0 Å². The number of carboxylic acids is 2. The van der Waals surface area contributed by atoms with E-state index in [-0.39, 0.29) is 98.4 Å². The molecule has 0 fully saturated rings. The normalized spacial score (nSPS) is 11.7. The number of aliphatic carboxylic acids is 2. The third-order valence-electron chi connectivity index (χ3n) is 11.6. The van der Waals surface area contributed by atoms with Crippen LogP contribution in [0.3, 0.4) is 0 Å². The van der Waals surface area contributed by atoms with Crippen LogP contribution >= 0.6 is 23.2 Å². The fourth-order valence-corrected chi connectivity index (χ4v) is 5.69. The van der Waals surface area contributed by atoms with Crippen molar-refractivity contribution in [2.45, 2.75) is 181 Å². The third-order valence-corrected chi connectivity index (χ3v) is 12.1. The Hall–Kier alpha value is -8.52. The number of methoxy groups -OCH3 is 8. The second-order valence-electron chi connectivity index (χ2n) is 19.9. The van der Waals surface area contributed by atoms with Gasteiger partial charge >= 0.3 is 60.8 Å². The first-order valence-corrected chi connectivity index (χ1v) is 27.6. The van der Waals surface area contributed by atoms with Crippen LogP contribution in [-0.4, -0.2) is 184 Å². The van der Waals surface area contributed by atoms with Gasteiger partial charge in [0.1, 0.15) is 11.5 Å². The Bertz CT molecular complexity index is 2510. The fourth-order valence-electron chi connectivity index (χ4n) is 5.34. The number of rotatable bonds is 24. The molecule has 0 saturated carbocycles. The van der Waals surface area contributed by atoms with Gasteiger partial charge in [0.2, 0.25) is 11.8 Å². The summed E-state index contributed by atoms with van der Waals surface area (Å²) in [5, 5.41) is 41.3. The molecule has 0 bridgehead atoms. The van der Waals surface area contributed by atoms with Crippen LogP contribution in [0.5, 0.6) is 11.5 Å². The summed E-state index contributed by atoms with van der Waals surface area (Å²) >= 11 is 11.8. The maximum Gasteiger partial charge on any atom is 0.373 e. The van der Waals surface area contributed by atoms with Crippen LogP contribution in [0.15, 0.2) is 36.4 Å². The molecule has 0 aliphatic heterocycles. The first-order valence-electron chi connectivity index (χ1n) is 26.8. The zero-order valence-electron chi connectivity index (χ0n) is 56.7. The summed E-state index contributed by atoms with van der Waals surface area (Å²) in [5.74, 6) is -1.52. The molecule has 2 amide bonds. The van der Waals surface area contributed by atoms with Crippen molar-refractivity contribution in [3.8, 4) is 11.5 Å². The molecule has 0 aromatic heterocycles. The number of hydrogen-bond acceptors (Lipinski definition) is 28. The van der Waals surface area contributed by atoms with Crippen LogP contribution in [0.4, 0.5) is 11.4 Å². The number of carbonyl (C=O) groups excluding carboxylic acids is 16. The van der Waals surface area contributed by atoms with Crippen molar-refractivity contribution in [1.82, 2.24) is 0 Å². The lowest BCUT2D eigenvalue weighted by molar-refractivity contribution is -0.193. The van der Waals surface area contributed by atoms with E-state index < -0.39 is 39.9 Å². The Kier molecular flexibility index (Phi) is 73.6. The summed E-state index contributed by atoms with van der Waals surface area (Å²) in [6.45, 7) is 21.5. The maximum absolute atomic E-state index is 12.0. The molecule has 94 heavy (non-hydrogen) atoms. The van der Waals surface area contributed by atoms with E-state index in [2.05, 4.69) is 20.1 Å². The predicted octanol–water partition coefficient (Wildman–Crippen LogP) is 6.68. The first-order chi connectivity index (χ1) is 43.3. The largest absolute Gasteiger partial charge is 0.495 e. The number of halogens is 2. The molecular weight excluding hydrogens is 1300 g/mol. The lowest BCUT2D eigenvalue weighted by Gasteiger charge is -2.26. The van der Waals surface area contributed by atoms with E-state index in [1.807, 2.05) is 55.4 Å². The van der Waals surface area contributed by atoms with E-state index in [4.69, 9.17) is 124 Å². The number of hydrogen-bond donors (Lipinski definition) is 6. The summed E-state index contributed by atoms with van der Waals surface area (Å²) in [6, 6.07) is 10.1. The first kappa shape index (κ1) is 107. The van der Waals surface area contributed by atoms with Gasteiger partial charge in [0.25, 0.3) is 0 Å². The Labute approximate surface area is 556 Å². The third kappa shape index (κ3) is 74.2. The number of carboxylic acid groups (broad SMARTS) is 2. The molecule has 0 heterocycles. The van der Waals surface area contributed by atoms with E-state index in [1.165, 1.54) is 42.3 Å². The van der Waals surface area contributed by atoms with Crippen molar-refractivity contribution >= 4 is 107 Å². The quantitative estimate of drug-likeness (QED) is 0.0597. The average Bonchev–Trinajstić information content (AvgIpc) is 0.924. The highest BCUT2D eigenvalue weighted by atomic mass is 35.5. The SMILES string of the molecule is CC(C)(O)CC(=O)O.CCC(C)(CC(=O)Nc1cc(Cl)ccc1OC)OC.CCC(C)(CC(=O)O)OC.CCC(C)(CC(=O)OC)OC.CCC(C)(O)CC(=O)OC.COc1ccc(Cl)cc1NC(=O)CC(C)(C)OC.O=C=O.O=C=O.O=C=O.O=C=O.O=C=O.O=C=O. The Morgan fingerprint density at radius 1 is 0.415 bits per heavy atom. The van der Waals surface area contributed by atoms with Crippen LogP contribution in [0.1, 0.15) is 147 Å². The van der Waals surface area contributed by atoms with Crippen molar-refractivity contribution in [2.75, 3.05) is 67.5 Å². The monoisotopic (exact) mass is 1390 g/mol. The number of ether oxygens (including phenoxy) is 8. The van der Waals surface area contributed by atoms with Crippen LogP contribution in [0.25, 0.3) is 0 Å². The smallest absolute Gasteiger partial charge is 0.373 e. The standard InChI is InChI=1S/C14H20ClNO3.C13H18ClNO3.C8H16O3.2C7H14O3.C5H10O3.6CO2/c1-5-14(2,19-4)9-13(17)16-11-8-10(15)6-7-12(11)18-3;1-13(2,18-4)8-12(16)15-10-7-9(14)5-6-11(10)17-3;1-5-8(2,11-4)6-7(9)10-3;1-4-7(2,9)5-6(8)10-3;1-4-7(2,10-3)5-6(8)9;1-5(2,8)3-4(6)7;6*2-1-3/h6-8H,5,9H2,1-4H3,(H,16,17);5-7H,8H2,1-4H3,(H,15,16);5-6H2,1-4H3;9H,4-5H2,1-3H3;4-5H2,1-3H3,(H,8,9);8H,3H2,1-2H3,(H,6,7);;;;;;. The summed E-state index contributed by atoms with van der Waals surface area (Å²) < 4.78 is 40.0. The van der Waals surface area contributed by atoms with Gasteiger partial charge in [0.15, 0.2) is 0 Å². The summed E-state index contributed by atoms with van der Waals surface area (Å²) in [4.78, 5) is 163. The highest BCUT2D eigenvalue weighted by molar-refractivity contribution is 6.31. The summed E-state index contributed by atoms with van der Waals surface area (Å²) in [6.07, 6.45) is 5.11. The lowest BCUT2D eigenvalue weighted by atomic mass is 9.98. The topological polar surface area (TPSA) is 486 Å². The molecular formula is C60H92Cl2N2O30. The molecule has 2 aromatic rings. The second kappa shape index (κ2) is 64.6. The molecule has 32 nitrogen and oxygen atoms in total. The van der Waals surface area contributed by atoms with Crippen LogP contribution < -0.4 is 20.1 Å². The molecule has 6 N–H and O–H groups in total. The highest BCUT2D eigenvalue weighted by Gasteiger charge is 2.28. The van der Waals surface area contributed by atoms with E-state index in [0.29, 0.717) is 45.8 Å². The van der Waals surface area contributed by atoms with Gasteiger partial charge in [-0.15, -0.1) is 0 Å². The molecule has 0 spiro atoms. The zero-order valence-corrected chi connectivity index (χ0v) is 58.2. The van der Waals surface area contributed by atoms with Crippen molar-refractivity contribution in [3.05, 3.63) is 46.4 Å². The maximum atomic E-state index is 12.0. The van der Waals surface area contributed by atoms with Crippen molar-refractivity contribution < 1.29 is 145 Å². The molecule has 0 aliphatic rings. The predicted molar refractivity (Wildman–Crippen MR) is 326 cm³/mol. The molecule has 34 heteroatoms. The van der Waals surface area contributed by atoms with E-state index in [1.54, 1.807) is 78.7 Å². The number of anilines is 2. The molecule has 4 atom stereocenters. The number of aliphatic hydroxyl groups is 2. The number of amides is 2. The Morgan fingerprint density at radius 2 is 0.691 bits per heavy atom. The molecule has 0 radical (unpaired) electrons. The van der Waals surface area contributed by atoms with Crippen molar-refractivity contribution in [1.29, 1.82) is 0 Å². The van der Waals surface area contributed by atoms with Crippen LogP contribution in [0, 0.1) is 0 Å². The van der Waals surface area contributed by atoms with Gasteiger partial charge in [-0.05, 0) is 117 Å². The van der Waals surface area contributed by atoms with Crippen molar-refractivity contribution in [2.24, 2.45) is 0 Å². The summed E-state index contributed by atoms with van der Waals surface area (Å²) in [7, 11) is 12.1. The zero-order chi connectivity index (χ0) is 76.6. The minimum absolute atomic E-state index is 0.0694. The fraction of sp³-hybridized carbons (Fsp3) is 0.600. The van der Waals surface area contributed by atoms with Gasteiger partial charge in [-0.25, -0.2) is 0 Å². The van der Waals surface area contributed by atoms with Gasteiger partial charge in [-0.3, -0.25) is 28.8 Å². The number of benzene rings is 2. The van der Waals surface area contributed by atoms with Gasteiger partial charge in [-0.1, -0.05) is 50.9 Å². The van der Waals surface area contributed by atoms with Crippen molar-refractivity contribution in [3.63, 3.8) is 0 Å². The Balaban J connectivity index is -0.000000109. The minimum atomic E-state index is -1.08. The molecule has 4 unspecified atom stereocenters. The van der Waals surface area contributed by atoms with E-state index >= 15 is 0 Å². The molecule has 2 rings (SSSR count). The van der Waals surface area contributed by atoms with Gasteiger partial charge in [-0.2, -0.15) is 57.5 Å². The van der Waals surface area contributed by atoms with Crippen LogP contribution in [-0.2, 0) is 115 Å². The van der Waals surface area contributed by atoms with Crippen LogP contribution in [0.2, 0.25) is 10.0 Å². The number of nitrogens with one attached hydrogen (secondary N) is 2. The van der Waals surface area contributed by atoms with E-state index in [0.717, 1.165) is 19.3 Å². The molecule has 536 valence electrons. The lowest BCUT2D eigenvalue weighted by Crippen LogP contribution is -2.32. The number of esters is 2. The average molecular weight is 1390 g/mol. The second-order valence-corrected chi connectivity index (χ2v) is 20.8. The van der Waals surface area contributed by atoms with Gasteiger partial charge in [0.05, 0.1) is 112 Å². The number of carbonyl (C=O) groups is 6.